The van der Waals surface area contributed by atoms with E-state index in [1.54, 1.807) is 0 Å². The van der Waals surface area contributed by atoms with Gasteiger partial charge in [0.25, 0.3) is 0 Å². The fourth-order valence-electron chi connectivity index (χ4n) is 2.80. The van der Waals surface area contributed by atoms with Gasteiger partial charge in [-0.2, -0.15) is 5.10 Å². The van der Waals surface area contributed by atoms with Crippen molar-refractivity contribution in [3.8, 4) is 0 Å². The maximum atomic E-state index is 11.1. The number of aliphatic carboxylic acids is 1. The molecule has 1 unspecified atom stereocenters. The van der Waals surface area contributed by atoms with Gasteiger partial charge in [-0.15, -0.1) is 0 Å². The molecule has 1 aromatic heterocycles. The first kappa shape index (κ1) is 8.03. The Morgan fingerprint density at radius 1 is 1.64 bits per heavy atom. The van der Waals surface area contributed by atoms with E-state index in [1.165, 1.54) is 0 Å². The lowest BCUT2D eigenvalue weighted by Crippen LogP contribution is -2.32. The van der Waals surface area contributed by atoms with Crippen LogP contribution in [0.2, 0.25) is 0 Å². The summed E-state index contributed by atoms with van der Waals surface area (Å²) in [6.07, 6.45) is 5.42. The molecule has 1 atom stereocenters. The molecule has 0 saturated heterocycles. The monoisotopic (exact) mass is 192 g/mol. The lowest BCUT2D eigenvalue weighted by Gasteiger charge is -2.28. The second-order valence-electron chi connectivity index (χ2n) is 4.35. The highest BCUT2D eigenvalue weighted by Crippen LogP contribution is 2.58. The van der Waals surface area contributed by atoms with Gasteiger partial charge in [0.15, 0.2) is 0 Å². The highest BCUT2D eigenvalue weighted by molar-refractivity contribution is 5.74. The Labute approximate surface area is 81.3 Å². The third kappa shape index (κ3) is 0.832. The molecular weight excluding hydrogens is 180 g/mol. The lowest BCUT2D eigenvalue weighted by molar-refractivity contribution is -0.143. The zero-order valence-corrected chi connectivity index (χ0v) is 7.79. The Hall–Kier alpha value is -1.32. The van der Waals surface area contributed by atoms with Crippen LogP contribution < -0.4 is 0 Å². The summed E-state index contributed by atoms with van der Waals surface area (Å²) in [6.45, 7) is 0. The van der Waals surface area contributed by atoms with E-state index in [-0.39, 0.29) is 11.3 Å². The molecule has 4 nitrogen and oxygen atoms in total. The molecule has 74 valence electrons. The molecule has 1 aromatic rings. The minimum absolute atomic E-state index is 0.0631. The Balaban J connectivity index is 2.08. The minimum atomic E-state index is -0.644. The van der Waals surface area contributed by atoms with E-state index >= 15 is 0 Å². The van der Waals surface area contributed by atoms with Crippen LogP contribution in [0.25, 0.3) is 0 Å². The molecule has 0 aromatic carbocycles. The highest BCUT2D eigenvalue weighted by Gasteiger charge is 2.56. The smallest absolute Gasteiger partial charge is 0.307 e. The number of hydrogen-bond donors (Lipinski definition) is 2. The molecule has 1 spiro atoms. The van der Waals surface area contributed by atoms with Gasteiger partial charge in [-0.25, -0.2) is 0 Å². The van der Waals surface area contributed by atoms with Crippen molar-refractivity contribution in [1.82, 2.24) is 10.2 Å². The van der Waals surface area contributed by atoms with Crippen molar-refractivity contribution in [3.63, 3.8) is 0 Å². The normalized spacial score (nSPS) is 27.3. The number of aromatic nitrogens is 2. The summed E-state index contributed by atoms with van der Waals surface area (Å²) in [6, 6.07) is 0. The van der Waals surface area contributed by atoms with E-state index in [0.717, 1.165) is 36.9 Å². The first-order chi connectivity index (χ1) is 6.74. The van der Waals surface area contributed by atoms with Gasteiger partial charge in [-0.05, 0) is 25.7 Å². The molecule has 0 amide bonds. The lowest BCUT2D eigenvalue weighted by atomic mass is 9.75. The van der Waals surface area contributed by atoms with Gasteiger partial charge >= 0.3 is 5.97 Å². The third-order valence-corrected chi connectivity index (χ3v) is 3.69. The van der Waals surface area contributed by atoms with Crippen LogP contribution in [0.4, 0.5) is 0 Å². The summed E-state index contributed by atoms with van der Waals surface area (Å²) < 4.78 is 0. The zero-order valence-electron chi connectivity index (χ0n) is 7.79. The van der Waals surface area contributed by atoms with E-state index in [1.807, 2.05) is 6.20 Å². The van der Waals surface area contributed by atoms with Crippen LogP contribution >= 0.6 is 0 Å². The van der Waals surface area contributed by atoms with E-state index in [4.69, 9.17) is 5.11 Å². The van der Waals surface area contributed by atoms with Gasteiger partial charge in [0.1, 0.15) is 0 Å². The van der Waals surface area contributed by atoms with Crippen molar-refractivity contribution >= 4 is 5.97 Å². The summed E-state index contributed by atoms with van der Waals surface area (Å²) in [5.41, 5.74) is 2.25. The molecule has 3 rings (SSSR count). The highest BCUT2D eigenvalue weighted by atomic mass is 16.4. The van der Waals surface area contributed by atoms with Gasteiger partial charge in [-0.3, -0.25) is 9.89 Å². The zero-order chi connectivity index (χ0) is 9.76. The van der Waals surface area contributed by atoms with Crippen molar-refractivity contribution in [2.24, 2.45) is 5.92 Å². The van der Waals surface area contributed by atoms with Crippen molar-refractivity contribution in [3.05, 3.63) is 17.5 Å². The Bertz CT molecular complexity index is 393. The molecule has 2 aliphatic carbocycles. The summed E-state index contributed by atoms with van der Waals surface area (Å²) in [4.78, 5) is 11.1. The molecule has 2 aliphatic rings. The van der Waals surface area contributed by atoms with Crippen molar-refractivity contribution in [2.45, 2.75) is 31.1 Å². The van der Waals surface area contributed by atoms with Gasteiger partial charge < -0.3 is 5.11 Å². The number of aromatic amines is 1. The van der Waals surface area contributed by atoms with E-state index in [9.17, 15) is 4.79 Å². The molecule has 4 heteroatoms. The molecular formula is C10H12N2O2. The van der Waals surface area contributed by atoms with Gasteiger partial charge in [-0.1, -0.05) is 0 Å². The standard InChI is InChI=1S/C10H12N2O2/c13-9(14)6-1-2-8-7(5-11-12-8)10(6)3-4-10/h5-6H,1-4H2,(H,11,12)(H,13,14). The van der Waals surface area contributed by atoms with Gasteiger partial charge in [0.05, 0.1) is 12.1 Å². The van der Waals surface area contributed by atoms with Crippen molar-refractivity contribution in [2.75, 3.05) is 0 Å². The second-order valence-corrected chi connectivity index (χ2v) is 4.35. The summed E-state index contributed by atoms with van der Waals surface area (Å²) >= 11 is 0. The van der Waals surface area contributed by atoms with Crippen LogP contribution in [0.5, 0.6) is 0 Å². The third-order valence-electron chi connectivity index (χ3n) is 3.69. The average molecular weight is 192 g/mol. The Kier molecular flexibility index (Phi) is 1.36. The Morgan fingerprint density at radius 2 is 2.43 bits per heavy atom. The number of rotatable bonds is 1. The molecule has 0 aliphatic heterocycles. The van der Waals surface area contributed by atoms with E-state index < -0.39 is 5.97 Å². The SMILES string of the molecule is O=C(O)C1CCc2[nH]ncc2C12CC2. The predicted molar refractivity (Wildman–Crippen MR) is 48.9 cm³/mol. The molecule has 1 fully saturated rings. The Morgan fingerprint density at radius 3 is 3.07 bits per heavy atom. The molecule has 14 heavy (non-hydrogen) atoms. The van der Waals surface area contributed by atoms with Crippen LogP contribution in [-0.2, 0) is 16.6 Å². The van der Waals surface area contributed by atoms with Crippen LogP contribution in [0.15, 0.2) is 6.20 Å². The van der Waals surface area contributed by atoms with Crippen LogP contribution in [0.1, 0.15) is 30.5 Å². The van der Waals surface area contributed by atoms with Gasteiger partial charge in [0, 0.05) is 16.7 Å². The molecule has 1 heterocycles. The number of fused-ring (bicyclic) bond motifs is 2. The first-order valence-corrected chi connectivity index (χ1v) is 4.99. The van der Waals surface area contributed by atoms with Crippen molar-refractivity contribution < 1.29 is 9.90 Å². The predicted octanol–water partition coefficient (Wildman–Crippen LogP) is 1.09. The largest absolute Gasteiger partial charge is 0.481 e. The quantitative estimate of drug-likeness (QED) is 0.700. The molecule has 0 bridgehead atoms. The number of carboxylic acid groups (broad SMARTS) is 1. The number of hydrogen-bond acceptors (Lipinski definition) is 2. The first-order valence-electron chi connectivity index (χ1n) is 4.99. The number of nitrogens with one attached hydrogen (secondary N) is 1. The molecule has 1 saturated carbocycles. The fourth-order valence-corrected chi connectivity index (χ4v) is 2.80. The van der Waals surface area contributed by atoms with E-state index in [2.05, 4.69) is 10.2 Å². The summed E-state index contributed by atoms with van der Waals surface area (Å²) in [5, 5.41) is 16.1. The average Bonchev–Trinajstić information content (AvgIpc) is 2.77. The van der Waals surface area contributed by atoms with Crippen LogP contribution in [-0.4, -0.2) is 21.3 Å². The fraction of sp³-hybridized carbons (Fsp3) is 0.600. The van der Waals surface area contributed by atoms with E-state index in [0.29, 0.717) is 0 Å². The van der Waals surface area contributed by atoms with Crippen LogP contribution in [0, 0.1) is 5.92 Å². The number of carbonyl (C=O) groups is 1. The molecule has 0 radical (unpaired) electrons. The number of aryl methyl sites for hydroxylation is 1. The van der Waals surface area contributed by atoms with Crippen molar-refractivity contribution in [1.29, 1.82) is 0 Å². The summed E-state index contributed by atoms with van der Waals surface area (Å²) in [5.74, 6) is -0.832. The number of nitrogens with zero attached hydrogens (tertiary/aromatic N) is 1. The number of carboxylic acids is 1. The minimum Gasteiger partial charge on any atom is -0.481 e. The maximum absolute atomic E-state index is 11.1. The topological polar surface area (TPSA) is 66.0 Å². The maximum Gasteiger partial charge on any atom is 0.307 e. The second kappa shape index (κ2) is 2.38. The number of H-pyrrole nitrogens is 1. The molecule has 2 N–H and O–H groups in total. The van der Waals surface area contributed by atoms with Gasteiger partial charge in [0.2, 0.25) is 0 Å². The van der Waals surface area contributed by atoms with Crippen LogP contribution in [0.3, 0.4) is 0 Å². The summed E-state index contributed by atoms with van der Waals surface area (Å²) in [7, 11) is 0.